The van der Waals surface area contributed by atoms with E-state index in [0.717, 1.165) is 4.47 Å². The predicted molar refractivity (Wildman–Crippen MR) is 75.7 cm³/mol. The SMILES string of the molecule is Cc1cnc(C(C)NC(=O)c2cc(N)cc(Br)c2)o1. The lowest BCUT2D eigenvalue weighted by atomic mass is 10.2. The molecule has 3 N–H and O–H groups in total. The summed E-state index contributed by atoms with van der Waals surface area (Å²) in [6, 6.07) is 4.76. The summed E-state index contributed by atoms with van der Waals surface area (Å²) < 4.78 is 6.13. The van der Waals surface area contributed by atoms with Crippen LogP contribution in [0.25, 0.3) is 0 Å². The molecule has 0 saturated carbocycles. The van der Waals surface area contributed by atoms with E-state index in [0.29, 0.717) is 22.9 Å². The highest BCUT2D eigenvalue weighted by molar-refractivity contribution is 9.10. The summed E-state index contributed by atoms with van der Waals surface area (Å²) in [6.45, 7) is 3.62. The standard InChI is InChI=1S/C13H14BrN3O2/c1-7-6-16-13(19-7)8(2)17-12(18)9-3-10(14)5-11(15)4-9/h3-6,8H,15H2,1-2H3,(H,17,18). The van der Waals surface area contributed by atoms with Crippen molar-refractivity contribution in [2.45, 2.75) is 19.9 Å². The van der Waals surface area contributed by atoms with E-state index in [9.17, 15) is 4.79 Å². The Kier molecular flexibility index (Phi) is 3.90. The molecule has 2 aromatic rings. The second-order valence-corrected chi connectivity index (χ2v) is 5.19. The lowest BCUT2D eigenvalue weighted by Crippen LogP contribution is -2.26. The number of benzene rings is 1. The first kappa shape index (κ1) is 13.6. The number of anilines is 1. The zero-order valence-electron chi connectivity index (χ0n) is 10.6. The van der Waals surface area contributed by atoms with Crippen LogP contribution in [0.2, 0.25) is 0 Å². The Bertz CT molecular complexity index is 589. The molecule has 0 aliphatic rings. The molecule has 0 radical (unpaired) electrons. The van der Waals surface area contributed by atoms with Crippen molar-refractivity contribution in [2.24, 2.45) is 0 Å². The fourth-order valence-corrected chi connectivity index (χ4v) is 2.17. The number of nitrogens with two attached hydrogens (primary N) is 1. The van der Waals surface area contributed by atoms with Crippen molar-refractivity contribution < 1.29 is 9.21 Å². The van der Waals surface area contributed by atoms with E-state index in [2.05, 4.69) is 26.2 Å². The molecule has 19 heavy (non-hydrogen) atoms. The van der Waals surface area contributed by atoms with Crippen LogP contribution in [-0.2, 0) is 0 Å². The Balaban J connectivity index is 2.12. The maximum atomic E-state index is 12.1. The van der Waals surface area contributed by atoms with Gasteiger partial charge in [0.05, 0.1) is 6.20 Å². The van der Waals surface area contributed by atoms with Gasteiger partial charge in [-0.05, 0) is 32.0 Å². The Hall–Kier alpha value is -1.82. The van der Waals surface area contributed by atoms with Gasteiger partial charge in [-0.3, -0.25) is 4.79 Å². The molecule has 2 rings (SSSR count). The minimum absolute atomic E-state index is 0.226. The maximum absolute atomic E-state index is 12.1. The molecule has 1 unspecified atom stereocenters. The van der Waals surface area contributed by atoms with Gasteiger partial charge in [-0.1, -0.05) is 15.9 Å². The summed E-state index contributed by atoms with van der Waals surface area (Å²) in [5.41, 5.74) is 6.72. The number of oxazole rings is 1. The normalized spacial score (nSPS) is 12.2. The summed E-state index contributed by atoms with van der Waals surface area (Å²) in [5.74, 6) is 0.966. The Morgan fingerprint density at radius 1 is 1.47 bits per heavy atom. The van der Waals surface area contributed by atoms with Crippen molar-refractivity contribution in [3.05, 3.63) is 46.1 Å². The van der Waals surface area contributed by atoms with Gasteiger partial charge >= 0.3 is 0 Å². The largest absolute Gasteiger partial charge is 0.444 e. The van der Waals surface area contributed by atoms with Gasteiger partial charge in [-0.2, -0.15) is 0 Å². The number of carbonyl (C=O) groups is 1. The summed E-state index contributed by atoms with van der Waals surface area (Å²) in [6.07, 6.45) is 1.62. The number of hydrogen-bond donors (Lipinski definition) is 2. The van der Waals surface area contributed by atoms with Gasteiger partial charge in [-0.15, -0.1) is 0 Å². The van der Waals surface area contributed by atoms with Crippen molar-refractivity contribution >= 4 is 27.5 Å². The molecule has 0 aliphatic heterocycles. The number of amides is 1. The van der Waals surface area contributed by atoms with Crippen LogP contribution in [0.4, 0.5) is 5.69 Å². The van der Waals surface area contributed by atoms with Crippen LogP contribution in [0.1, 0.15) is 35.0 Å². The van der Waals surface area contributed by atoms with Crippen LogP contribution >= 0.6 is 15.9 Å². The van der Waals surface area contributed by atoms with E-state index >= 15 is 0 Å². The molecule has 1 aromatic heterocycles. The second-order valence-electron chi connectivity index (χ2n) is 4.28. The van der Waals surface area contributed by atoms with Gasteiger partial charge in [0.25, 0.3) is 5.91 Å². The summed E-state index contributed by atoms with van der Waals surface area (Å²) >= 11 is 3.30. The average molecular weight is 324 g/mol. The van der Waals surface area contributed by atoms with E-state index in [-0.39, 0.29) is 11.9 Å². The highest BCUT2D eigenvalue weighted by atomic mass is 79.9. The highest BCUT2D eigenvalue weighted by Gasteiger charge is 2.16. The van der Waals surface area contributed by atoms with E-state index in [1.807, 2.05) is 6.92 Å². The van der Waals surface area contributed by atoms with E-state index in [1.54, 1.807) is 31.3 Å². The number of nitrogens with one attached hydrogen (secondary N) is 1. The van der Waals surface area contributed by atoms with Gasteiger partial charge in [0.2, 0.25) is 5.89 Å². The molecule has 0 fully saturated rings. The molecule has 0 bridgehead atoms. The fourth-order valence-electron chi connectivity index (χ4n) is 1.66. The van der Waals surface area contributed by atoms with Crippen molar-refractivity contribution in [3.63, 3.8) is 0 Å². The van der Waals surface area contributed by atoms with Crippen LogP contribution in [0.5, 0.6) is 0 Å². The molecule has 100 valence electrons. The third-order valence-electron chi connectivity index (χ3n) is 2.54. The monoisotopic (exact) mass is 323 g/mol. The molecule has 1 atom stereocenters. The first-order valence-corrected chi connectivity index (χ1v) is 6.54. The molecular weight excluding hydrogens is 310 g/mol. The first-order chi connectivity index (χ1) is 8.95. The zero-order valence-corrected chi connectivity index (χ0v) is 12.2. The minimum Gasteiger partial charge on any atom is -0.444 e. The highest BCUT2D eigenvalue weighted by Crippen LogP contribution is 2.18. The molecule has 0 spiro atoms. The molecule has 5 nitrogen and oxygen atoms in total. The molecule has 1 heterocycles. The number of halogens is 1. The van der Waals surface area contributed by atoms with Crippen molar-refractivity contribution in [2.75, 3.05) is 5.73 Å². The molecular formula is C13H14BrN3O2. The third kappa shape index (κ3) is 3.35. The molecule has 1 aromatic carbocycles. The van der Waals surface area contributed by atoms with Crippen LogP contribution in [0, 0.1) is 6.92 Å². The number of aryl methyl sites for hydroxylation is 1. The summed E-state index contributed by atoms with van der Waals surface area (Å²) in [4.78, 5) is 16.2. The number of hydrogen-bond acceptors (Lipinski definition) is 4. The number of aromatic nitrogens is 1. The van der Waals surface area contributed by atoms with Crippen LogP contribution in [0.15, 0.2) is 33.3 Å². The molecule has 1 amide bonds. The topological polar surface area (TPSA) is 81.2 Å². The third-order valence-corrected chi connectivity index (χ3v) is 3.00. The van der Waals surface area contributed by atoms with Crippen molar-refractivity contribution in [1.29, 1.82) is 0 Å². The van der Waals surface area contributed by atoms with E-state index in [1.165, 1.54) is 0 Å². The zero-order chi connectivity index (χ0) is 14.0. The smallest absolute Gasteiger partial charge is 0.252 e. The molecule has 0 saturated heterocycles. The van der Waals surface area contributed by atoms with Gasteiger partial charge in [-0.25, -0.2) is 4.98 Å². The van der Waals surface area contributed by atoms with Gasteiger partial charge in [0, 0.05) is 15.7 Å². The first-order valence-electron chi connectivity index (χ1n) is 5.75. The van der Waals surface area contributed by atoms with Crippen LogP contribution in [-0.4, -0.2) is 10.9 Å². The fraction of sp³-hybridized carbons (Fsp3) is 0.231. The summed E-state index contributed by atoms with van der Waals surface area (Å²) in [5, 5.41) is 2.81. The van der Waals surface area contributed by atoms with Crippen molar-refractivity contribution in [1.82, 2.24) is 10.3 Å². The lowest BCUT2D eigenvalue weighted by Gasteiger charge is -2.11. The van der Waals surface area contributed by atoms with E-state index in [4.69, 9.17) is 10.2 Å². The lowest BCUT2D eigenvalue weighted by molar-refractivity contribution is 0.0934. The summed E-state index contributed by atoms with van der Waals surface area (Å²) in [7, 11) is 0. The van der Waals surface area contributed by atoms with Crippen molar-refractivity contribution in [3.8, 4) is 0 Å². The van der Waals surface area contributed by atoms with Gasteiger partial charge < -0.3 is 15.5 Å². The Morgan fingerprint density at radius 2 is 2.21 bits per heavy atom. The second kappa shape index (κ2) is 5.44. The minimum atomic E-state index is -0.304. The number of nitrogens with zero attached hydrogens (tertiary/aromatic N) is 1. The molecule has 0 aliphatic carbocycles. The van der Waals surface area contributed by atoms with E-state index < -0.39 is 0 Å². The number of nitrogen functional groups attached to an aromatic ring is 1. The number of rotatable bonds is 3. The van der Waals surface area contributed by atoms with Gasteiger partial charge in [0.15, 0.2) is 0 Å². The predicted octanol–water partition coefficient (Wildman–Crippen LogP) is 2.82. The average Bonchev–Trinajstić information content (AvgIpc) is 2.74. The Morgan fingerprint density at radius 3 is 2.79 bits per heavy atom. The number of carbonyl (C=O) groups excluding carboxylic acids is 1. The quantitative estimate of drug-likeness (QED) is 0.851. The molecule has 6 heteroatoms. The maximum Gasteiger partial charge on any atom is 0.252 e. The van der Waals surface area contributed by atoms with Crippen LogP contribution in [0.3, 0.4) is 0 Å². The van der Waals surface area contributed by atoms with Gasteiger partial charge in [0.1, 0.15) is 11.8 Å². The Labute approximate surface area is 119 Å². The van der Waals surface area contributed by atoms with Crippen LogP contribution < -0.4 is 11.1 Å².